The van der Waals surface area contributed by atoms with E-state index in [2.05, 4.69) is 31.3 Å². The summed E-state index contributed by atoms with van der Waals surface area (Å²) in [7, 11) is 1.69. The quantitative estimate of drug-likeness (QED) is 0.829. The molecule has 0 amide bonds. The molecule has 21 heavy (non-hydrogen) atoms. The molecule has 1 saturated heterocycles. The van der Waals surface area contributed by atoms with E-state index in [1.165, 1.54) is 24.8 Å². The lowest BCUT2D eigenvalue weighted by Crippen LogP contribution is -2.43. The second-order valence-electron chi connectivity index (χ2n) is 6.50. The Balaban J connectivity index is 2.18. The zero-order valence-corrected chi connectivity index (χ0v) is 13.9. The fourth-order valence-electron chi connectivity index (χ4n) is 3.54. The van der Waals surface area contributed by atoms with Crippen molar-refractivity contribution in [2.45, 2.75) is 52.0 Å². The Morgan fingerprint density at radius 2 is 2.10 bits per heavy atom. The molecule has 3 heteroatoms. The molecule has 118 valence electrons. The summed E-state index contributed by atoms with van der Waals surface area (Å²) in [6.07, 6.45) is 4.83. The first-order chi connectivity index (χ1) is 10.1. The second kappa shape index (κ2) is 7.17. The van der Waals surface area contributed by atoms with Crippen molar-refractivity contribution in [3.05, 3.63) is 23.8 Å². The Morgan fingerprint density at radius 1 is 1.29 bits per heavy atom. The highest BCUT2D eigenvalue weighted by molar-refractivity contribution is 5.43. The van der Waals surface area contributed by atoms with Gasteiger partial charge < -0.3 is 14.8 Å². The van der Waals surface area contributed by atoms with Crippen molar-refractivity contribution < 1.29 is 9.47 Å². The lowest BCUT2D eigenvalue weighted by molar-refractivity contribution is 0.297. The molecule has 0 bridgehead atoms. The zero-order chi connectivity index (χ0) is 15.3. The van der Waals surface area contributed by atoms with Crippen molar-refractivity contribution >= 4 is 0 Å². The van der Waals surface area contributed by atoms with Gasteiger partial charge >= 0.3 is 0 Å². The zero-order valence-electron chi connectivity index (χ0n) is 13.9. The fraction of sp³-hybridized carbons (Fsp3) is 0.667. The summed E-state index contributed by atoms with van der Waals surface area (Å²) in [6.45, 7) is 8.42. The van der Waals surface area contributed by atoms with Gasteiger partial charge in [0.15, 0.2) is 11.5 Å². The Morgan fingerprint density at radius 3 is 2.67 bits per heavy atom. The molecule has 2 rings (SSSR count). The van der Waals surface area contributed by atoms with Gasteiger partial charge in [-0.05, 0) is 62.8 Å². The predicted molar refractivity (Wildman–Crippen MR) is 87.3 cm³/mol. The van der Waals surface area contributed by atoms with Crippen LogP contribution in [0.2, 0.25) is 0 Å². The van der Waals surface area contributed by atoms with Crippen molar-refractivity contribution in [3.8, 4) is 11.5 Å². The summed E-state index contributed by atoms with van der Waals surface area (Å²) >= 11 is 0. The Hall–Kier alpha value is -1.22. The molecule has 3 nitrogen and oxygen atoms in total. The van der Waals surface area contributed by atoms with E-state index < -0.39 is 0 Å². The fourth-order valence-corrected chi connectivity index (χ4v) is 3.54. The number of ether oxygens (including phenoxy) is 2. The summed E-state index contributed by atoms with van der Waals surface area (Å²) in [6, 6.07) is 6.34. The van der Waals surface area contributed by atoms with Crippen LogP contribution in [0, 0.1) is 5.92 Å². The largest absolute Gasteiger partial charge is 0.493 e. The SMILES string of the molecule is CCOc1cc(CC2(CC(C)C)CCCN2)ccc1OC. The molecule has 0 radical (unpaired) electrons. The van der Waals surface area contributed by atoms with E-state index in [0.717, 1.165) is 24.5 Å². The lowest BCUT2D eigenvalue weighted by atomic mass is 9.82. The molecule has 0 spiro atoms. The minimum absolute atomic E-state index is 0.256. The number of rotatable bonds is 7. The average molecular weight is 291 g/mol. The standard InChI is InChI=1S/C18H29NO2/c1-5-21-17-11-15(7-8-16(17)20-4)13-18(12-14(2)3)9-6-10-19-18/h7-8,11,14,19H,5-6,9-10,12-13H2,1-4H3. The van der Waals surface area contributed by atoms with Gasteiger partial charge in [-0.25, -0.2) is 0 Å². The molecule has 1 atom stereocenters. The van der Waals surface area contributed by atoms with Crippen LogP contribution in [0.4, 0.5) is 0 Å². The van der Waals surface area contributed by atoms with Gasteiger partial charge in [0.2, 0.25) is 0 Å². The Bertz CT molecular complexity index is 451. The summed E-state index contributed by atoms with van der Waals surface area (Å²) in [5.74, 6) is 2.38. The van der Waals surface area contributed by atoms with E-state index in [-0.39, 0.29) is 5.54 Å². The highest BCUT2D eigenvalue weighted by Crippen LogP contribution is 2.34. The number of nitrogens with one attached hydrogen (secondary N) is 1. The molecule has 1 fully saturated rings. The molecular weight excluding hydrogens is 262 g/mol. The number of hydrogen-bond donors (Lipinski definition) is 1. The third kappa shape index (κ3) is 4.13. The van der Waals surface area contributed by atoms with Gasteiger partial charge in [0.05, 0.1) is 13.7 Å². The van der Waals surface area contributed by atoms with Crippen molar-refractivity contribution in [2.24, 2.45) is 5.92 Å². The van der Waals surface area contributed by atoms with Crippen LogP contribution in [0.15, 0.2) is 18.2 Å². The van der Waals surface area contributed by atoms with E-state index in [1.807, 2.05) is 13.0 Å². The molecule has 1 aliphatic heterocycles. The van der Waals surface area contributed by atoms with Gasteiger partial charge in [-0.1, -0.05) is 19.9 Å². The minimum Gasteiger partial charge on any atom is -0.493 e. The molecule has 1 aromatic carbocycles. The van der Waals surface area contributed by atoms with Crippen LogP contribution in [0.3, 0.4) is 0 Å². The van der Waals surface area contributed by atoms with Crippen LogP contribution in [0.5, 0.6) is 11.5 Å². The maximum absolute atomic E-state index is 5.70. The predicted octanol–water partition coefficient (Wildman–Crippen LogP) is 3.80. The average Bonchev–Trinajstić information content (AvgIpc) is 2.87. The van der Waals surface area contributed by atoms with Crippen LogP contribution in [0.1, 0.15) is 45.6 Å². The first kappa shape index (κ1) is 16.2. The third-order valence-corrected chi connectivity index (χ3v) is 4.20. The molecule has 1 heterocycles. The van der Waals surface area contributed by atoms with Crippen LogP contribution >= 0.6 is 0 Å². The molecule has 1 aromatic rings. The van der Waals surface area contributed by atoms with Crippen LogP contribution in [0.25, 0.3) is 0 Å². The van der Waals surface area contributed by atoms with Gasteiger partial charge in [0.1, 0.15) is 0 Å². The van der Waals surface area contributed by atoms with Gasteiger partial charge in [-0.3, -0.25) is 0 Å². The van der Waals surface area contributed by atoms with E-state index in [4.69, 9.17) is 9.47 Å². The normalized spacial score (nSPS) is 21.8. The van der Waals surface area contributed by atoms with E-state index in [9.17, 15) is 0 Å². The molecule has 1 aliphatic rings. The van der Waals surface area contributed by atoms with Gasteiger partial charge in [-0.2, -0.15) is 0 Å². The number of hydrogen-bond acceptors (Lipinski definition) is 3. The van der Waals surface area contributed by atoms with E-state index in [1.54, 1.807) is 7.11 Å². The van der Waals surface area contributed by atoms with Gasteiger partial charge in [0.25, 0.3) is 0 Å². The smallest absolute Gasteiger partial charge is 0.161 e. The highest BCUT2D eigenvalue weighted by Gasteiger charge is 2.34. The summed E-state index contributed by atoms with van der Waals surface area (Å²) in [5.41, 5.74) is 1.58. The van der Waals surface area contributed by atoms with Crippen molar-refractivity contribution in [1.82, 2.24) is 5.32 Å². The van der Waals surface area contributed by atoms with E-state index in [0.29, 0.717) is 12.5 Å². The second-order valence-corrected chi connectivity index (χ2v) is 6.50. The van der Waals surface area contributed by atoms with Gasteiger partial charge in [-0.15, -0.1) is 0 Å². The Kier molecular flexibility index (Phi) is 5.51. The maximum atomic E-state index is 5.70. The van der Waals surface area contributed by atoms with Crippen molar-refractivity contribution in [3.63, 3.8) is 0 Å². The summed E-state index contributed by atoms with van der Waals surface area (Å²) in [4.78, 5) is 0. The van der Waals surface area contributed by atoms with Crippen LogP contribution in [-0.2, 0) is 6.42 Å². The summed E-state index contributed by atoms with van der Waals surface area (Å²) < 4.78 is 11.1. The summed E-state index contributed by atoms with van der Waals surface area (Å²) in [5, 5.41) is 3.76. The van der Waals surface area contributed by atoms with Gasteiger partial charge in [0, 0.05) is 5.54 Å². The Labute approximate surface area is 129 Å². The number of methoxy groups -OCH3 is 1. The molecule has 1 unspecified atom stereocenters. The molecule has 0 saturated carbocycles. The molecule has 0 aromatic heterocycles. The highest BCUT2D eigenvalue weighted by atomic mass is 16.5. The third-order valence-electron chi connectivity index (χ3n) is 4.20. The number of benzene rings is 1. The van der Waals surface area contributed by atoms with Crippen molar-refractivity contribution in [1.29, 1.82) is 0 Å². The first-order valence-electron chi connectivity index (χ1n) is 8.13. The molecule has 0 aliphatic carbocycles. The van der Waals surface area contributed by atoms with Crippen molar-refractivity contribution in [2.75, 3.05) is 20.3 Å². The molecule has 1 N–H and O–H groups in total. The topological polar surface area (TPSA) is 30.5 Å². The first-order valence-corrected chi connectivity index (χ1v) is 8.13. The van der Waals surface area contributed by atoms with E-state index >= 15 is 0 Å². The monoisotopic (exact) mass is 291 g/mol. The van der Waals surface area contributed by atoms with Crippen LogP contribution < -0.4 is 14.8 Å². The minimum atomic E-state index is 0.256. The lowest BCUT2D eigenvalue weighted by Gasteiger charge is -2.32. The van der Waals surface area contributed by atoms with Crippen LogP contribution in [-0.4, -0.2) is 25.8 Å². The maximum Gasteiger partial charge on any atom is 0.161 e. The molecular formula is C18H29NO2.